The first kappa shape index (κ1) is 14.7. The van der Waals surface area contributed by atoms with Crippen LogP contribution in [0.15, 0.2) is 35.5 Å². The van der Waals surface area contributed by atoms with E-state index in [-0.39, 0.29) is 11.6 Å². The van der Waals surface area contributed by atoms with Crippen molar-refractivity contribution in [1.82, 2.24) is 4.90 Å². The highest BCUT2D eigenvalue weighted by Crippen LogP contribution is 2.40. The standard InChI is InChI=1S/C18H18N4O2/c1-22-6-5-12-13(10-3-2-4-11(19)7-10)8-14-16(15(12)9-22)20-18(23)17(14)21-24/h2-4,7-8,24H,5-6,9,19H2,1H3,(H,20,21,23). The molecule has 0 radical (unpaired) electrons. The van der Waals surface area contributed by atoms with E-state index < -0.39 is 0 Å². The van der Waals surface area contributed by atoms with Crippen LogP contribution in [0.1, 0.15) is 16.7 Å². The Bertz CT molecular complexity index is 889. The van der Waals surface area contributed by atoms with E-state index in [2.05, 4.69) is 22.4 Å². The van der Waals surface area contributed by atoms with Gasteiger partial charge in [-0.05, 0) is 53.9 Å². The van der Waals surface area contributed by atoms with Gasteiger partial charge in [0.1, 0.15) is 0 Å². The molecule has 6 heteroatoms. The average molecular weight is 322 g/mol. The molecule has 0 aromatic heterocycles. The number of carbonyl (C=O) groups is 1. The molecule has 24 heavy (non-hydrogen) atoms. The van der Waals surface area contributed by atoms with Gasteiger partial charge >= 0.3 is 0 Å². The number of oxime groups is 1. The van der Waals surface area contributed by atoms with Gasteiger partial charge in [-0.1, -0.05) is 17.3 Å². The molecule has 2 aliphatic rings. The SMILES string of the molecule is CN1CCc2c(-c3cccc(N)c3)cc3c(c2C1)NC(=O)/C3=N/O. The number of anilines is 2. The molecule has 0 saturated heterocycles. The first-order valence-electron chi connectivity index (χ1n) is 7.85. The number of nitrogens with zero attached hydrogens (tertiary/aromatic N) is 2. The van der Waals surface area contributed by atoms with Crippen LogP contribution in [0.5, 0.6) is 0 Å². The molecule has 4 rings (SSSR count). The Labute approximate surface area is 139 Å². The Kier molecular flexibility index (Phi) is 3.28. The summed E-state index contributed by atoms with van der Waals surface area (Å²) in [6.45, 7) is 1.70. The summed E-state index contributed by atoms with van der Waals surface area (Å²) in [6, 6.07) is 9.64. The summed E-state index contributed by atoms with van der Waals surface area (Å²) >= 11 is 0. The lowest BCUT2D eigenvalue weighted by Gasteiger charge is -2.29. The number of carbonyl (C=O) groups excluding carboxylic acids is 1. The van der Waals surface area contributed by atoms with Crippen molar-refractivity contribution in [1.29, 1.82) is 0 Å². The fourth-order valence-electron chi connectivity index (χ4n) is 3.58. The highest BCUT2D eigenvalue weighted by Gasteiger charge is 2.33. The molecular formula is C18H18N4O2. The van der Waals surface area contributed by atoms with Crippen molar-refractivity contribution >= 4 is 23.0 Å². The maximum Gasteiger partial charge on any atom is 0.278 e. The Morgan fingerprint density at radius 1 is 1.25 bits per heavy atom. The van der Waals surface area contributed by atoms with Gasteiger partial charge in [0.15, 0.2) is 5.71 Å². The summed E-state index contributed by atoms with van der Waals surface area (Å²) in [5.41, 5.74) is 12.5. The number of hydrogen-bond acceptors (Lipinski definition) is 5. The number of likely N-dealkylation sites (N-methyl/N-ethyl adjacent to an activating group) is 1. The van der Waals surface area contributed by atoms with Crippen LogP contribution in [0.25, 0.3) is 11.1 Å². The van der Waals surface area contributed by atoms with Crippen LogP contribution in [0, 0.1) is 0 Å². The first-order valence-corrected chi connectivity index (χ1v) is 7.85. The van der Waals surface area contributed by atoms with Crippen molar-refractivity contribution < 1.29 is 10.0 Å². The van der Waals surface area contributed by atoms with Crippen LogP contribution >= 0.6 is 0 Å². The van der Waals surface area contributed by atoms with Crippen molar-refractivity contribution in [3.8, 4) is 11.1 Å². The third-order valence-corrected chi connectivity index (χ3v) is 4.73. The van der Waals surface area contributed by atoms with Crippen LogP contribution in [-0.2, 0) is 17.8 Å². The van der Waals surface area contributed by atoms with E-state index in [0.717, 1.165) is 41.9 Å². The van der Waals surface area contributed by atoms with Crippen molar-refractivity contribution in [2.24, 2.45) is 5.16 Å². The second-order valence-corrected chi connectivity index (χ2v) is 6.32. The molecule has 0 spiro atoms. The van der Waals surface area contributed by atoms with Gasteiger partial charge in [-0.3, -0.25) is 4.79 Å². The molecule has 1 amide bonds. The molecule has 6 nitrogen and oxygen atoms in total. The van der Waals surface area contributed by atoms with Crippen molar-refractivity contribution in [3.05, 3.63) is 47.0 Å². The topological polar surface area (TPSA) is 91.0 Å². The minimum atomic E-state index is -0.368. The molecule has 4 N–H and O–H groups in total. The fourth-order valence-corrected chi connectivity index (χ4v) is 3.58. The predicted molar refractivity (Wildman–Crippen MR) is 93.3 cm³/mol. The number of hydrogen-bond donors (Lipinski definition) is 3. The molecule has 0 saturated carbocycles. The molecule has 2 aromatic rings. The average Bonchev–Trinajstić information content (AvgIpc) is 2.89. The zero-order valence-electron chi connectivity index (χ0n) is 13.3. The molecule has 0 bridgehead atoms. The van der Waals surface area contributed by atoms with Crippen LogP contribution in [0.4, 0.5) is 11.4 Å². The number of nitrogens with one attached hydrogen (secondary N) is 1. The second kappa shape index (κ2) is 5.35. The van der Waals surface area contributed by atoms with E-state index in [1.165, 1.54) is 5.56 Å². The number of nitrogen functional groups attached to an aromatic ring is 1. The van der Waals surface area contributed by atoms with E-state index in [9.17, 15) is 10.0 Å². The van der Waals surface area contributed by atoms with Gasteiger partial charge in [0.2, 0.25) is 0 Å². The Balaban J connectivity index is 2.00. The van der Waals surface area contributed by atoms with E-state index >= 15 is 0 Å². The highest BCUT2D eigenvalue weighted by molar-refractivity contribution is 6.54. The quantitative estimate of drug-likeness (QED) is 0.426. The number of benzene rings is 2. The predicted octanol–water partition coefficient (Wildman–Crippen LogP) is 2.05. The van der Waals surface area contributed by atoms with Crippen molar-refractivity contribution in [2.75, 3.05) is 24.6 Å². The van der Waals surface area contributed by atoms with Crippen LogP contribution in [0.2, 0.25) is 0 Å². The lowest BCUT2D eigenvalue weighted by Crippen LogP contribution is -2.27. The number of nitrogens with two attached hydrogens (primary N) is 1. The zero-order valence-corrected chi connectivity index (χ0v) is 13.3. The zero-order chi connectivity index (χ0) is 16.8. The Morgan fingerprint density at radius 2 is 2.08 bits per heavy atom. The van der Waals surface area contributed by atoms with Gasteiger partial charge in [0, 0.05) is 24.3 Å². The summed E-state index contributed by atoms with van der Waals surface area (Å²) in [5.74, 6) is -0.368. The maximum absolute atomic E-state index is 12.1. The molecule has 2 heterocycles. The normalized spacial score (nSPS) is 18.4. The lowest BCUT2D eigenvalue weighted by molar-refractivity contribution is -0.110. The van der Waals surface area contributed by atoms with Gasteiger partial charge in [-0.2, -0.15) is 0 Å². The summed E-state index contributed by atoms with van der Waals surface area (Å²) in [7, 11) is 2.06. The monoisotopic (exact) mass is 322 g/mol. The van der Waals surface area contributed by atoms with E-state index in [4.69, 9.17) is 5.73 Å². The third-order valence-electron chi connectivity index (χ3n) is 4.73. The summed E-state index contributed by atoms with van der Waals surface area (Å²) in [4.78, 5) is 14.3. The number of amides is 1. The minimum Gasteiger partial charge on any atom is -0.410 e. The van der Waals surface area contributed by atoms with Crippen LogP contribution < -0.4 is 11.1 Å². The smallest absolute Gasteiger partial charge is 0.278 e. The minimum absolute atomic E-state index is 0.0613. The molecule has 0 atom stereocenters. The second-order valence-electron chi connectivity index (χ2n) is 6.32. The number of rotatable bonds is 1. The van der Waals surface area contributed by atoms with Gasteiger partial charge in [0.25, 0.3) is 5.91 Å². The largest absolute Gasteiger partial charge is 0.410 e. The highest BCUT2D eigenvalue weighted by atomic mass is 16.4. The molecule has 0 unspecified atom stereocenters. The summed E-state index contributed by atoms with van der Waals surface area (Å²) in [5, 5.41) is 15.3. The van der Waals surface area contributed by atoms with Crippen LogP contribution in [-0.4, -0.2) is 35.3 Å². The van der Waals surface area contributed by atoms with E-state index in [0.29, 0.717) is 11.3 Å². The molecular weight excluding hydrogens is 304 g/mol. The molecule has 0 fully saturated rings. The molecule has 0 aliphatic carbocycles. The Hall–Kier alpha value is -2.86. The third kappa shape index (κ3) is 2.15. The van der Waals surface area contributed by atoms with E-state index in [1.54, 1.807) is 0 Å². The molecule has 2 aromatic carbocycles. The summed E-state index contributed by atoms with van der Waals surface area (Å²) in [6.07, 6.45) is 0.894. The van der Waals surface area contributed by atoms with Gasteiger partial charge in [-0.25, -0.2) is 0 Å². The molecule has 122 valence electrons. The molecule has 2 aliphatic heterocycles. The summed E-state index contributed by atoms with van der Waals surface area (Å²) < 4.78 is 0. The maximum atomic E-state index is 12.1. The van der Waals surface area contributed by atoms with Crippen LogP contribution in [0.3, 0.4) is 0 Å². The van der Waals surface area contributed by atoms with Crippen molar-refractivity contribution in [2.45, 2.75) is 13.0 Å². The number of fused-ring (bicyclic) bond motifs is 3. The van der Waals surface area contributed by atoms with Gasteiger partial charge in [-0.15, -0.1) is 0 Å². The Morgan fingerprint density at radius 3 is 2.83 bits per heavy atom. The lowest BCUT2D eigenvalue weighted by atomic mass is 9.87. The van der Waals surface area contributed by atoms with Gasteiger partial charge in [0.05, 0.1) is 5.69 Å². The van der Waals surface area contributed by atoms with Gasteiger partial charge < -0.3 is 21.2 Å². The first-order chi connectivity index (χ1) is 11.6. The van der Waals surface area contributed by atoms with Crippen molar-refractivity contribution in [3.63, 3.8) is 0 Å². The van der Waals surface area contributed by atoms with E-state index in [1.807, 2.05) is 30.3 Å². The fraction of sp³-hybridized carbons (Fsp3) is 0.222.